The molecule has 0 atom stereocenters. The van der Waals surface area contributed by atoms with Crippen molar-refractivity contribution in [3.8, 4) is 0 Å². The van der Waals surface area contributed by atoms with E-state index in [4.69, 9.17) is 0 Å². The second kappa shape index (κ2) is 6.98. The van der Waals surface area contributed by atoms with Crippen LogP contribution in [0.15, 0.2) is 10.1 Å². The van der Waals surface area contributed by atoms with E-state index in [1.54, 1.807) is 0 Å². The molecule has 58 valence electrons. The lowest BCUT2D eigenvalue weighted by atomic mass is 10.5. The number of nitrogens with one attached hydrogen (secondary N) is 1. The van der Waals surface area contributed by atoms with Crippen molar-refractivity contribution in [2.45, 2.75) is 13.8 Å². The number of hydrogen-bond donors (Lipinski definition) is 1. The van der Waals surface area contributed by atoms with E-state index in [-0.39, 0.29) is 0 Å². The molecule has 0 fully saturated rings. The standard InChI is InChI=1S/C6H12IN3/c1-3-9-10-5-8-6(2)4-7/h5,9H,3-4H2,1-2H3/b8-6+,10-5-. The third kappa shape index (κ3) is 6.00. The Morgan fingerprint density at radius 1 is 1.70 bits per heavy atom. The predicted molar refractivity (Wildman–Crippen MR) is 54.2 cm³/mol. The van der Waals surface area contributed by atoms with E-state index in [0.29, 0.717) is 0 Å². The minimum absolute atomic E-state index is 0.843. The molecule has 0 bridgehead atoms. The van der Waals surface area contributed by atoms with Crippen LogP contribution in [0, 0.1) is 0 Å². The summed E-state index contributed by atoms with van der Waals surface area (Å²) in [6, 6.07) is 0. The highest BCUT2D eigenvalue weighted by Gasteiger charge is 1.80. The lowest BCUT2D eigenvalue weighted by Crippen LogP contribution is -2.02. The van der Waals surface area contributed by atoms with Crippen LogP contribution < -0.4 is 5.43 Å². The van der Waals surface area contributed by atoms with Gasteiger partial charge in [-0.2, -0.15) is 5.10 Å². The molecule has 0 saturated carbocycles. The van der Waals surface area contributed by atoms with E-state index < -0.39 is 0 Å². The van der Waals surface area contributed by atoms with Gasteiger partial charge in [0.25, 0.3) is 0 Å². The van der Waals surface area contributed by atoms with Crippen molar-refractivity contribution in [3.63, 3.8) is 0 Å². The van der Waals surface area contributed by atoms with Crippen LogP contribution in [0.4, 0.5) is 0 Å². The molecule has 0 aliphatic rings. The molecule has 0 aromatic rings. The Hall–Kier alpha value is -0.130. The zero-order valence-electron chi connectivity index (χ0n) is 6.26. The van der Waals surface area contributed by atoms with E-state index >= 15 is 0 Å². The first-order valence-corrected chi connectivity index (χ1v) is 4.67. The molecule has 0 spiro atoms. The minimum atomic E-state index is 0.843. The maximum absolute atomic E-state index is 4.04. The molecule has 1 N–H and O–H groups in total. The maximum atomic E-state index is 4.04. The summed E-state index contributed by atoms with van der Waals surface area (Å²) in [5.74, 6) is 0. The van der Waals surface area contributed by atoms with Crippen LogP contribution in [0.5, 0.6) is 0 Å². The smallest absolute Gasteiger partial charge is 0.135 e. The third-order valence-electron chi connectivity index (χ3n) is 0.779. The van der Waals surface area contributed by atoms with Crippen molar-refractivity contribution in [2.75, 3.05) is 11.0 Å². The summed E-state index contributed by atoms with van der Waals surface area (Å²) in [5.41, 5.74) is 3.87. The van der Waals surface area contributed by atoms with Crippen molar-refractivity contribution < 1.29 is 0 Å². The molecule has 0 heterocycles. The first-order valence-electron chi connectivity index (χ1n) is 3.15. The van der Waals surface area contributed by atoms with Gasteiger partial charge in [0, 0.05) is 16.7 Å². The topological polar surface area (TPSA) is 36.8 Å². The van der Waals surface area contributed by atoms with Gasteiger partial charge < -0.3 is 5.43 Å². The monoisotopic (exact) mass is 253 g/mol. The molecule has 0 aromatic heterocycles. The highest BCUT2D eigenvalue weighted by Crippen LogP contribution is 1.83. The second-order valence-corrected chi connectivity index (χ2v) is 2.52. The Labute approximate surface area is 75.1 Å². The van der Waals surface area contributed by atoms with Gasteiger partial charge in [0.05, 0.1) is 0 Å². The van der Waals surface area contributed by atoms with Gasteiger partial charge in [-0.1, -0.05) is 22.6 Å². The molecule has 0 aliphatic carbocycles. The molecule has 4 heteroatoms. The summed E-state index contributed by atoms with van der Waals surface area (Å²) < 4.78 is 0.954. The van der Waals surface area contributed by atoms with Crippen molar-refractivity contribution >= 4 is 34.6 Å². The van der Waals surface area contributed by atoms with E-state index in [1.807, 2.05) is 13.8 Å². The quantitative estimate of drug-likeness (QED) is 0.266. The fraction of sp³-hybridized carbons (Fsp3) is 0.667. The average molecular weight is 253 g/mol. The highest BCUT2D eigenvalue weighted by molar-refractivity contribution is 14.1. The van der Waals surface area contributed by atoms with Crippen LogP contribution in [-0.2, 0) is 0 Å². The zero-order chi connectivity index (χ0) is 7.82. The summed E-state index contributed by atoms with van der Waals surface area (Å²) in [7, 11) is 0. The van der Waals surface area contributed by atoms with Crippen molar-refractivity contribution in [3.05, 3.63) is 0 Å². The van der Waals surface area contributed by atoms with Gasteiger partial charge in [-0.05, 0) is 13.8 Å². The number of alkyl halides is 1. The maximum Gasteiger partial charge on any atom is 0.135 e. The number of aliphatic imine (C=N–C) groups is 1. The first kappa shape index (κ1) is 9.87. The van der Waals surface area contributed by atoms with Crippen LogP contribution in [0.1, 0.15) is 13.8 Å². The zero-order valence-corrected chi connectivity index (χ0v) is 8.42. The van der Waals surface area contributed by atoms with Crippen LogP contribution in [0.2, 0.25) is 0 Å². The van der Waals surface area contributed by atoms with Gasteiger partial charge in [0.2, 0.25) is 0 Å². The molecule has 3 nitrogen and oxygen atoms in total. The number of hydrogen-bond acceptors (Lipinski definition) is 2. The average Bonchev–Trinajstić information content (AvgIpc) is 1.98. The van der Waals surface area contributed by atoms with E-state index in [9.17, 15) is 0 Å². The lowest BCUT2D eigenvalue weighted by molar-refractivity contribution is 0.786. The Bertz CT molecular complexity index is 131. The first-order chi connectivity index (χ1) is 4.81. The largest absolute Gasteiger partial charge is 0.309 e. The van der Waals surface area contributed by atoms with Gasteiger partial charge in [-0.15, -0.1) is 0 Å². The van der Waals surface area contributed by atoms with Crippen LogP contribution in [0.25, 0.3) is 0 Å². The van der Waals surface area contributed by atoms with E-state index in [0.717, 1.165) is 16.7 Å². The summed E-state index contributed by atoms with van der Waals surface area (Å²) in [6.07, 6.45) is 1.54. The van der Waals surface area contributed by atoms with Crippen LogP contribution >= 0.6 is 22.6 Å². The van der Waals surface area contributed by atoms with Gasteiger partial charge in [0.15, 0.2) is 0 Å². The van der Waals surface area contributed by atoms with Gasteiger partial charge in [-0.25, -0.2) is 4.99 Å². The Morgan fingerprint density at radius 2 is 2.40 bits per heavy atom. The van der Waals surface area contributed by atoms with Gasteiger partial charge in [-0.3, -0.25) is 0 Å². The number of rotatable bonds is 4. The number of halogens is 1. The number of nitrogens with zero attached hydrogens (tertiary/aromatic N) is 2. The Kier molecular flexibility index (Phi) is 6.89. The predicted octanol–water partition coefficient (Wildman–Crippen LogP) is 1.44. The second-order valence-electron chi connectivity index (χ2n) is 1.75. The normalized spacial score (nSPS) is 12.5. The SMILES string of the molecule is CCN/N=C\N=C(/C)CI. The summed E-state index contributed by atoms with van der Waals surface area (Å²) in [6.45, 7) is 4.81. The lowest BCUT2D eigenvalue weighted by Gasteiger charge is -1.89. The molecule has 0 aliphatic heterocycles. The third-order valence-corrected chi connectivity index (χ3v) is 1.88. The molecule has 0 unspecified atom stereocenters. The molecule has 0 aromatic carbocycles. The van der Waals surface area contributed by atoms with Gasteiger partial charge >= 0.3 is 0 Å². The Balaban J connectivity index is 3.49. The fourth-order valence-electron chi connectivity index (χ4n) is 0.294. The molecule has 0 rings (SSSR count). The molecule has 10 heavy (non-hydrogen) atoms. The van der Waals surface area contributed by atoms with E-state index in [1.165, 1.54) is 6.34 Å². The fourth-order valence-corrected chi connectivity index (χ4v) is 0.491. The molecular formula is C6H12IN3. The van der Waals surface area contributed by atoms with Crippen molar-refractivity contribution in [2.24, 2.45) is 10.1 Å². The minimum Gasteiger partial charge on any atom is -0.309 e. The van der Waals surface area contributed by atoms with Crippen molar-refractivity contribution in [1.29, 1.82) is 0 Å². The van der Waals surface area contributed by atoms with Crippen molar-refractivity contribution in [1.82, 2.24) is 5.43 Å². The van der Waals surface area contributed by atoms with Crippen LogP contribution in [0.3, 0.4) is 0 Å². The number of hydrazone groups is 1. The molecule has 0 saturated heterocycles. The van der Waals surface area contributed by atoms with Gasteiger partial charge in [0.1, 0.15) is 6.34 Å². The Morgan fingerprint density at radius 3 is 2.90 bits per heavy atom. The van der Waals surface area contributed by atoms with E-state index in [2.05, 4.69) is 38.1 Å². The molecule has 0 radical (unpaired) electrons. The molecular weight excluding hydrogens is 241 g/mol. The van der Waals surface area contributed by atoms with Crippen LogP contribution in [-0.4, -0.2) is 23.0 Å². The highest BCUT2D eigenvalue weighted by atomic mass is 127. The molecule has 0 amide bonds. The summed E-state index contributed by atoms with van der Waals surface area (Å²) in [5, 5.41) is 3.81. The summed E-state index contributed by atoms with van der Waals surface area (Å²) in [4.78, 5) is 4.04. The summed E-state index contributed by atoms with van der Waals surface area (Å²) >= 11 is 2.26.